The van der Waals surface area contributed by atoms with Crippen molar-refractivity contribution in [3.8, 4) is 5.75 Å². The van der Waals surface area contributed by atoms with E-state index in [4.69, 9.17) is 4.74 Å². The quantitative estimate of drug-likeness (QED) is 0.700. The molecule has 0 unspecified atom stereocenters. The molecule has 2 aromatic carbocycles. The molecular formula is C18H24N2O2. The van der Waals surface area contributed by atoms with E-state index in [9.17, 15) is 4.79 Å². The van der Waals surface area contributed by atoms with Crippen LogP contribution in [0.4, 0.5) is 0 Å². The molecule has 118 valence electrons. The highest BCUT2D eigenvalue weighted by molar-refractivity contribution is 5.88. The standard InChI is InChI=1S/C18H24N2O2/c1-2-19-12-13-20-18(21)11-6-14-22-17-10-5-8-15-7-3-4-9-16(15)17/h3-5,7-10,19H,2,6,11-14H2,1H3,(H,20,21). The Morgan fingerprint density at radius 2 is 1.91 bits per heavy atom. The summed E-state index contributed by atoms with van der Waals surface area (Å²) >= 11 is 0. The van der Waals surface area contributed by atoms with E-state index in [0.29, 0.717) is 19.6 Å². The molecule has 0 fully saturated rings. The summed E-state index contributed by atoms with van der Waals surface area (Å²) in [4.78, 5) is 11.6. The van der Waals surface area contributed by atoms with Gasteiger partial charge in [0.25, 0.3) is 0 Å². The van der Waals surface area contributed by atoms with Gasteiger partial charge >= 0.3 is 0 Å². The van der Waals surface area contributed by atoms with Crippen LogP contribution < -0.4 is 15.4 Å². The average Bonchev–Trinajstić information content (AvgIpc) is 2.56. The minimum atomic E-state index is 0.0828. The Balaban J connectivity index is 1.71. The Morgan fingerprint density at radius 1 is 1.09 bits per heavy atom. The number of rotatable bonds is 9. The normalized spacial score (nSPS) is 10.6. The summed E-state index contributed by atoms with van der Waals surface area (Å²) in [5.41, 5.74) is 0. The molecule has 0 radical (unpaired) electrons. The van der Waals surface area contributed by atoms with Gasteiger partial charge in [-0.05, 0) is 24.4 Å². The fraction of sp³-hybridized carbons (Fsp3) is 0.389. The van der Waals surface area contributed by atoms with Crippen molar-refractivity contribution in [3.05, 3.63) is 42.5 Å². The fourth-order valence-corrected chi connectivity index (χ4v) is 2.29. The van der Waals surface area contributed by atoms with Crippen LogP contribution in [0.2, 0.25) is 0 Å². The number of benzene rings is 2. The number of amides is 1. The zero-order chi connectivity index (χ0) is 15.6. The van der Waals surface area contributed by atoms with Gasteiger partial charge in [-0.2, -0.15) is 0 Å². The molecule has 0 spiro atoms. The van der Waals surface area contributed by atoms with Gasteiger partial charge < -0.3 is 15.4 Å². The second-order valence-electron chi connectivity index (χ2n) is 5.13. The van der Waals surface area contributed by atoms with Gasteiger partial charge in [0.1, 0.15) is 5.75 Å². The Kier molecular flexibility index (Phi) is 6.71. The van der Waals surface area contributed by atoms with Crippen LogP contribution in [-0.4, -0.2) is 32.1 Å². The number of ether oxygens (including phenoxy) is 1. The summed E-state index contributed by atoms with van der Waals surface area (Å²) in [5, 5.41) is 8.34. The van der Waals surface area contributed by atoms with Gasteiger partial charge in [0, 0.05) is 24.9 Å². The Labute approximate surface area is 131 Å². The van der Waals surface area contributed by atoms with Crippen LogP contribution in [0.5, 0.6) is 5.75 Å². The SMILES string of the molecule is CCNCCNC(=O)CCCOc1cccc2ccccc12. The van der Waals surface area contributed by atoms with Crippen molar-refractivity contribution in [3.63, 3.8) is 0 Å². The molecule has 0 aliphatic carbocycles. The van der Waals surface area contributed by atoms with E-state index in [2.05, 4.69) is 28.8 Å². The third-order valence-corrected chi connectivity index (χ3v) is 3.43. The van der Waals surface area contributed by atoms with Gasteiger partial charge in [-0.15, -0.1) is 0 Å². The summed E-state index contributed by atoms with van der Waals surface area (Å²) in [7, 11) is 0. The van der Waals surface area contributed by atoms with Crippen molar-refractivity contribution in [2.24, 2.45) is 0 Å². The topological polar surface area (TPSA) is 50.4 Å². The number of nitrogens with one attached hydrogen (secondary N) is 2. The van der Waals surface area contributed by atoms with Crippen molar-refractivity contribution < 1.29 is 9.53 Å². The first kappa shape index (κ1) is 16.3. The summed E-state index contributed by atoms with van der Waals surface area (Å²) in [5.74, 6) is 0.963. The van der Waals surface area contributed by atoms with Gasteiger partial charge in [0.2, 0.25) is 5.91 Å². The molecule has 2 N–H and O–H groups in total. The van der Waals surface area contributed by atoms with Gasteiger partial charge in [0.15, 0.2) is 0 Å². The molecule has 4 heteroatoms. The highest BCUT2D eigenvalue weighted by atomic mass is 16.5. The number of hydrogen-bond donors (Lipinski definition) is 2. The lowest BCUT2D eigenvalue weighted by Gasteiger charge is -2.09. The lowest BCUT2D eigenvalue weighted by Crippen LogP contribution is -2.31. The second-order valence-corrected chi connectivity index (χ2v) is 5.13. The predicted molar refractivity (Wildman–Crippen MR) is 90.2 cm³/mol. The van der Waals surface area contributed by atoms with E-state index >= 15 is 0 Å². The fourth-order valence-electron chi connectivity index (χ4n) is 2.29. The number of carbonyl (C=O) groups is 1. The lowest BCUT2D eigenvalue weighted by atomic mass is 10.1. The first-order chi connectivity index (χ1) is 10.8. The average molecular weight is 300 g/mol. The maximum absolute atomic E-state index is 11.6. The Bertz CT molecular complexity index is 593. The van der Waals surface area contributed by atoms with Crippen molar-refractivity contribution in [2.75, 3.05) is 26.2 Å². The second kappa shape index (κ2) is 9.05. The number of hydrogen-bond acceptors (Lipinski definition) is 3. The van der Waals surface area contributed by atoms with Crippen LogP contribution in [0.25, 0.3) is 10.8 Å². The van der Waals surface area contributed by atoms with E-state index in [0.717, 1.165) is 30.6 Å². The summed E-state index contributed by atoms with van der Waals surface area (Å²) in [6.07, 6.45) is 1.22. The first-order valence-corrected chi connectivity index (χ1v) is 7.89. The summed E-state index contributed by atoms with van der Waals surface area (Å²) < 4.78 is 5.82. The van der Waals surface area contributed by atoms with Crippen LogP contribution in [0, 0.1) is 0 Å². The number of fused-ring (bicyclic) bond motifs is 1. The van der Waals surface area contributed by atoms with E-state index in [-0.39, 0.29) is 5.91 Å². The molecule has 22 heavy (non-hydrogen) atoms. The third-order valence-electron chi connectivity index (χ3n) is 3.43. The molecule has 0 bridgehead atoms. The highest BCUT2D eigenvalue weighted by Crippen LogP contribution is 2.25. The Morgan fingerprint density at radius 3 is 2.77 bits per heavy atom. The predicted octanol–water partition coefficient (Wildman–Crippen LogP) is 2.72. The smallest absolute Gasteiger partial charge is 0.220 e. The molecule has 2 aromatic rings. The lowest BCUT2D eigenvalue weighted by molar-refractivity contribution is -0.121. The molecule has 0 saturated heterocycles. The van der Waals surface area contributed by atoms with E-state index in [1.807, 2.05) is 31.2 Å². The zero-order valence-corrected chi connectivity index (χ0v) is 13.1. The number of likely N-dealkylation sites (N-methyl/N-ethyl adjacent to an activating group) is 1. The highest BCUT2D eigenvalue weighted by Gasteiger charge is 2.03. The molecule has 0 aliphatic rings. The van der Waals surface area contributed by atoms with E-state index in [1.54, 1.807) is 0 Å². The minimum Gasteiger partial charge on any atom is -0.493 e. The van der Waals surface area contributed by atoms with Crippen LogP contribution in [0.3, 0.4) is 0 Å². The molecule has 1 amide bonds. The Hall–Kier alpha value is -2.07. The maximum Gasteiger partial charge on any atom is 0.220 e. The van der Waals surface area contributed by atoms with Crippen LogP contribution in [-0.2, 0) is 4.79 Å². The summed E-state index contributed by atoms with van der Waals surface area (Å²) in [6, 6.07) is 14.2. The monoisotopic (exact) mass is 300 g/mol. The van der Waals surface area contributed by atoms with E-state index < -0.39 is 0 Å². The van der Waals surface area contributed by atoms with Crippen molar-refractivity contribution in [1.29, 1.82) is 0 Å². The molecule has 0 atom stereocenters. The molecular weight excluding hydrogens is 276 g/mol. The van der Waals surface area contributed by atoms with Gasteiger partial charge in [-0.1, -0.05) is 43.3 Å². The van der Waals surface area contributed by atoms with Gasteiger partial charge in [-0.3, -0.25) is 4.79 Å². The van der Waals surface area contributed by atoms with Crippen molar-refractivity contribution in [2.45, 2.75) is 19.8 Å². The van der Waals surface area contributed by atoms with Gasteiger partial charge in [-0.25, -0.2) is 0 Å². The molecule has 2 rings (SSSR count). The zero-order valence-electron chi connectivity index (χ0n) is 13.1. The van der Waals surface area contributed by atoms with Crippen LogP contribution in [0.15, 0.2) is 42.5 Å². The first-order valence-electron chi connectivity index (χ1n) is 7.89. The van der Waals surface area contributed by atoms with Crippen LogP contribution >= 0.6 is 0 Å². The molecule has 0 heterocycles. The largest absolute Gasteiger partial charge is 0.493 e. The third kappa shape index (κ3) is 5.04. The molecule has 0 aliphatic heterocycles. The molecule has 0 aromatic heterocycles. The number of carbonyl (C=O) groups excluding carboxylic acids is 1. The summed E-state index contributed by atoms with van der Waals surface area (Å²) in [6.45, 7) is 5.02. The van der Waals surface area contributed by atoms with Crippen LogP contribution in [0.1, 0.15) is 19.8 Å². The van der Waals surface area contributed by atoms with E-state index in [1.165, 1.54) is 5.39 Å². The molecule has 4 nitrogen and oxygen atoms in total. The molecule has 0 saturated carbocycles. The van der Waals surface area contributed by atoms with Crippen molar-refractivity contribution in [1.82, 2.24) is 10.6 Å². The minimum absolute atomic E-state index is 0.0828. The van der Waals surface area contributed by atoms with Gasteiger partial charge in [0.05, 0.1) is 6.61 Å². The van der Waals surface area contributed by atoms with Crippen molar-refractivity contribution >= 4 is 16.7 Å². The maximum atomic E-state index is 11.6.